The maximum atomic E-state index is 12.4. The van der Waals surface area contributed by atoms with Crippen molar-refractivity contribution >= 4 is 5.91 Å². The Morgan fingerprint density at radius 1 is 1.30 bits per heavy atom. The minimum absolute atomic E-state index is 0.0905. The van der Waals surface area contributed by atoms with Crippen LogP contribution in [0.4, 0.5) is 0 Å². The Morgan fingerprint density at radius 2 is 1.96 bits per heavy atom. The first-order chi connectivity index (χ1) is 10.9. The molecule has 5 nitrogen and oxygen atoms in total. The highest BCUT2D eigenvalue weighted by Gasteiger charge is 2.23. The van der Waals surface area contributed by atoms with Gasteiger partial charge in [-0.25, -0.2) is 0 Å². The van der Waals surface area contributed by atoms with Crippen LogP contribution in [0.15, 0.2) is 0 Å². The Kier molecular flexibility index (Phi) is 6.22. The molecule has 0 aromatic carbocycles. The van der Waals surface area contributed by atoms with Crippen LogP contribution >= 0.6 is 0 Å². The molecule has 0 radical (unpaired) electrons. The molecule has 0 aliphatic heterocycles. The van der Waals surface area contributed by atoms with E-state index in [2.05, 4.69) is 31.2 Å². The second-order valence-corrected chi connectivity index (χ2v) is 7.37. The molecule has 0 bridgehead atoms. The SMILES string of the molecule is Cc1nn(CC(C)C)c(C)c1CC(=O)NC1CCC(CO)CC1. The number of carbonyl (C=O) groups excluding carboxylic acids is 1. The first-order valence-corrected chi connectivity index (χ1v) is 8.83. The van der Waals surface area contributed by atoms with E-state index in [1.807, 2.05) is 11.6 Å². The summed E-state index contributed by atoms with van der Waals surface area (Å²) in [5.41, 5.74) is 3.13. The molecule has 2 N–H and O–H groups in total. The molecule has 5 heteroatoms. The Hall–Kier alpha value is -1.36. The number of nitrogens with zero attached hydrogens (tertiary/aromatic N) is 2. The molecule has 1 aromatic heterocycles. The quantitative estimate of drug-likeness (QED) is 0.845. The number of carbonyl (C=O) groups is 1. The molecular weight excluding hydrogens is 290 g/mol. The summed E-state index contributed by atoms with van der Waals surface area (Å²) >= 11 is 0. The summed E-state index contributed by atoms with van der Waals surface area (Å²) in [7, 11) is 0. The van der Waals surface area contributed by atoms with E-state index >= 15 is 0 Å². The summed E-state index contributed by atoms with van der Waals surface area (Å²) in [5, 5.41) is 16.9. The molecule has 1 aromatic rings. The first kappa shape index (κ1) is 18.0. The zero-order valence-corrected chi connectivity index (χ0v) is 14.9. The lowest BCUT2D eigenvalue weighted by Crippen LogP contribution is -2.39. The normalized spacial score (nSPS) is 21.7. The van der Waals surface area contributed by atoms with Crippen molar-refractivity contribution in [3.05, 3.63) is 17.0 Å². The van der Waals surface area contributed by atoms with Crippen molar-refractivity contribution in [2.24, 2.45) is 11.8 Å². The molecule has 1 aliphatic rings. The van der Waals surface area contributed by atoms with E-state index in [1.54, 1.807) is 0 Å². The zero-order valence-electron chi connectivity index (χ0n) is 14.9. The fraction of sp³-hybridized carbons (Fsp3) is 0.778. The van der Waals surface area contributed by atoms with Gasteiger partial charge in [0.05, 0.1) is 12.1 Å². The smallest absolute Gasteiger partial charge is 0.224 e. The van der Waals surface area contributed by atoms with Crippen molar-refractivity contribution in [2.75, 3.05) is 6.61 Å². The van der Waals surface area contributed by atoms with Gasteiger partial charge in [-0.15, -0.1) is 0 Å². The first-order valence-electron chi connectivity index (χ1n) is 8.83. The molecule has 0 saturated heterocycles. The lowest BCUT2D eigenvalue weighted by atomic mass is 9.86. The highest BCUT2D eigenvalue weighted by molar-refractivity contribution is 5.79. The number of hydrogen-bond acceptors (Lipinski definition) is 3. The molecule has 23 heavy (non-hydrogen) atoms. The molecular formula is C18H31N3O2. The summed E-state index contributed by atoms with van der Waals surface area (Å²) in [6.07, 6.45) is 4.37. The minimum Gasteiger partial charge on any atom is -0.396 e. The number of amides is 1. The van der Waals surface area contributed by atoms with Gasteiger partial charge in [-0.05, 0) is 51.4 Å². The summed E-state index contributed by atoms with van der Waals surface area (Å²) in [4.78, 5) is 12.4. The van der Waals surface area contributed by atoms with E-state index in [0.29, 0.717) is 18.3 Å². The molecule has 1 fully saturated rings. The predicted molar refractivity (Wildman–Crippen MR) is 91.2 cm³/mol. The number of aliphatic hydroxyl groups is 1. The third-order valence-electron chi connectivity index (χ3n) is 4.88. The van der Waals surface area contributed by atoms with E-state index < -0.39 is 0 Å². The molecule has 130 valence electrons. The number of aromatic nitrogens is 2. The standard InChI is InChI=1S/C18H31N3O2/c1-12(2)10-21-14(4)17(13(3)20-21)9-18(23)19-16-7-5-15(11-22)6-8-16/h12,15-16,22H,5-11H2,1-4H3,(H,19,23). The van der Waals surface area contributed by atoms with E-state index in [-0.39, 0.29) is 18.6 Å². The fourth-order valence-corrected chi connectivity index (χ4v) is 3.44. The van der Waals surface area contributed by atoms with Crippen LogP contribution in [0.2, 0.25) is 0 Å². The number of nitrogens with one attached hydrogen (secondary N) is 1. The summed E-state index contributed by atoms with van der Waals surface area (Å²) in [6, 6.07) is 0.261. The molecule has 0 unspecified atom stereocenters. The Labute approximate surface area is 139 Å². The average Bonchev–Trinajstić information content (AvgIpc) is 2.75. The van der Waals surface area contributed by atoms with Crippen molar-refractivity contribution in [1.82, 2.24) is 15.1 Å². The largest absolute Gasteiger partial charge is 0.396 e. The van der Waals surface area contributed by atoms with E-state index in [1.165, 1.54) is 0 Å². The number of rotatable bonds is 6. The third kappa shape index (κ3) is 4.80. The molecule has 1 heterocycles. The number of hydrogen-bond donors (Lipinski definition) is 2. The van der Waals surface area contributed by atoms with Crippen LogP contribution in [-0.2, 0) is 17.8 Å². The van der Waals surface area contributed by atoms with Gasteiger partial charge in [-0.1, -0.05) is 13.8 Å². The Bertz CT molecular complexity index is 529. The molecule has 2 rings (SSSR count). The fourth-order valence-electron chi connectivity index (χ4n) is 3.44. The highest BCUT2D eigenvalue weighted by atomic mass is 16.3. The molecule has 1 saturated carbocycles. The zero-order chi connectivity index (χ0) is 17.0. The van der Waals surface area contributed by atoms with Crippen LogP contribution in [0.5, 0.6) is 0 Å². The van der Waals surface area contributed by atoms with Gasteiger partial charge in [0.1, 0.15) is 0 Å². The van der Waals surface area contributed by atoms with Crippen molar-refractivity contribution in [3.63, 3.8) is 0 Å². The van der Waals surface area contributed by atoms with Gasteiger partial charge < -0.3 is 10.4 Å². The van der Waals surface area contributed by atoms with Gasteiger partial charge in [0, 0.05) is 30.5 Å². The number of aliphatic hydroxyl groups excluding tert-OH is 1. The Morgan fingerprint density at radius 3 is 2.52 bits per heavy atom. The third-order valence-corrected chi connectivity index (χ3v) is 4.88. The maximum Gasteiger partial charge on any atom is 0.224 e. The van der Waals surface area contributed by atoms with Gasteiger partial charge in [0.2, 0.25) is 5.91 Å². The van der Waals surface area contributed by atoms with Crippen molar-refractivity contribution in [1.29, 1.82) is 0 Å². The van der Waals surface area contributed by atoms with Gasteiger partial charge in [-0.2, -0.15) is 5.10 Å². The Balaban J connectivity index is 1.92. The number of aryl methyl sites for hydroxylation is 1. The topological polar surface area (TPSA) is 67.2 Å². The lowest BCUT2D eigenvalue weighted by molar-refractivity contribution is -0.121. The highest BCUT2D eigenvalue weighted by Crippen LogP contribution is 2.24. The van der Waals surface area contributed by atoms with Crippen LogP contribution in [0.3, 0.4) is 0 Å². The van der Waals surface area contributed by atoms with Crippen LogP contribution in [0.25, 0.3) is 0 Å². The lowest BCUT2D eigenvalue weighted by Gasteiger charge is -2.28. The van der Waals surface area contributed by atoms with Crippen LogP contribution in [0, 0.1) is 25.7 Å². The summed E-state index contributed by atoms with van der Waals surface area (Å²) in [6.45, 7) is 9.54. The molecule has 1 amide bonds. The average molecular weight is 321 g/mol. The van der Waals surface area contributed by atoms with Crippen LogP contribution in [-0.4, -0.2) is 33.4 Å². The van der Waals surface area contributed by atoms with Crippen LogP contribution in [0.1, 0.15) is 56.5 Å². The maximum absolute atomic E-state index is 12.4. The van der Waals surface area contributed by atoms with E-state index in [0.717, 1.165) is 49.2 Å². The second-order valence-electron chi connectivity index (χ2n) is 7.37. The molecule has 0 spiro atoms. The van der Waals surface area contributed by atoms with Gasteiger partial charge >= 0.3 is 0 Å². The van der Waals surface area contributed by atoms with Crippen molar-refractivity contribution in [3.8, 4) is 0 Å². The van der Waals surface area contributed by atoms with Crippen molar-refractivity contribution in [2.45, 2.75) is 72.4 Å². The van der Waals surface area contributed by atoms with Gasteiger partial charge in [0.15, 0.2) is 0 Å². The van der Waals surface area contributed by atoms with Gasteiger partial charge in [0.25, 0.3) is 0 Å². The summed E-state index contributed by atoms with van der Waals surface area (Å²) in [5.74, 6) is 1.05. The van der Waals surface area contributed by atoms with Gasteiger partial charge in [-0.3, -0.25) is 9.48 Å². The van der Waals surface area contributed by atoms with Crippen molar-refractivity contribution < 1.29 is 9.90 Å². The second kappa shape index (κ2) is 7.95. The van der Waals surface area contributed by atoms with Crippen LogP contribution < -0.4 is 5.32 Å². The van der Waals surface area contributed by atoms with E-state index in [9.17, 15) is 9.90 Å². The van der Waals surface area contributed by atoms with E-state index in [4.69, 9.17) is 0 Å². The minimum atomic E-state index is 0.0905. The monoisotopic (exact) mass is 321 g/mol. The summed E-state index contributed by atoms with van der Waals surface area (Å²) < 4.78 is 2.02. The molecule has 1 aliphatic carbocycles. The predicted octanol–water partition coefficient (Wildman–Crippen LogP) is 2.37. The molecule has 0 atom stereocenters.